The first kappa shape index (κ1) is 17.0. The largest absolute Gasteiger partial charge is 0.416 e. The molecule has 20 heavy (non-hydrogen) atoms. The number of alkyl halides is 3. The molecule has 1 aromatic rings. The highest BCUT2D eigenvalue weighted by atomic mass is 19.4. The minimum atomic E-state index is -4.28. The maximum Gasteiger partial charge on any atom is 0.416 e. The molecular weight excluding hydrogens is 265 g/mol. The first-order valence-corrected chi connectivity index (χ1v) is 6.81. The molecule has 0 saturated heterocycles. The summed E-state index contributed by atoms with van der Waals surface area (Å²) in [5, 5.41) is 3.39. The van der Waals surface area contributed by atoms with Gasteiger partial charge in [-0.2, -0.15) is 13.2 Å². The lowest BCUT2D eigenvalue weighted by molar-refractivity contribution is -0.137. The smallest absolute Gasteiger partial charge is 0.309 e. The first-order chi connectivity index (χ1) is 9.25. The Morgan fingerprint density at radius 1 is 1.25 bits per heavy atom. The number of hydrogen-bond acceptors (Lipinski definition) is 2. The predicted octanol–water partition coefficient (Wildman–Crippen LogP) is 3.62. The Kier molecular flexibility index (Phi) is 6.02. The second-order valence-corrected chi connectivity index (χ2v) is 5.34. The molecule has 1 aromatic carbocycles. The van der Waals surface area contributed by atoms with Gasteiger partial charge in [0.05, 0.1) is 5.56 Å². The van der Waals surface area contributed by atoms with Crippen LogP contribution in [0.15, 0.2) is 18.2 Å². The van der Waals surface area contributed by atoms with E-state index in [1.807, 2.05) is 19.0 Å². The maximum absolute atomic E-state index is 12.7. The quantitative estimate of drug-likeness (QED) is 0.860. The molecule has 1 N–H and O–H groups in total. The Hall–Kier alpha value is -1.07. The van der Waals surface area contributed by atoms with E-state index in [0.717, 1.165) is 25.1 Å². The van der Waals surface area contributed by atoms with E-state index >= 15 is 0 Å². The fourth-order valence-electron chi connectivity index (χ4n) is 2.20. The molecule has 1 unspecified atom stereocenters. The van der Waals surface area contributed by atoms with Gasteiger partial charge in [0.2, 0.25) is 0 Å². The van der Waals surface area contributed by atoms with Crippen LogP contribution in [0.25, 0.3) is 0 Å². The average Bonchev–Trinajstić information content (AvgIpc) is 2.33. The van der Waals surface area contributed by atoms with E-state index in [2.05, 4.69) is 12.2 Å². The van der Waals surface area contributed by atoms with Crippen molar-refractivity contribution in [1.29, 1.82) is 0 Å². The molecule has 114 valence electrons. The zero-order valence-corrected chi connectivity index (χ0v) is 12.5. The Bertz CT molecular complexity index is 428. The minimum Gasteiger partial charge on any atom is -0.309 e. The summed E-state index contributed by atoms with van der Waals surface area (Å²) in [6, 6.07) is 4.03. The van der Waals surface area contributed by atoms with Crippen molar-refractivity contribution in [1.82, 2.24) is 10.2 Å². The molecular formula is C15H23F3N2. The number of nitrogens with one attached hydrogen (secondary N) is 1. The Balaban J connectivity index is 3.01. The lowest BCUT2D eigenvalue weighted by Gasteiger charge is -2.25. The number of rotatable bonds is 6. The van der Waals surface area contributed by atoms with Gasteiger partial charge in [-0.05, 0) is 57.2 Å². The summed E-state index contributed by atoms with van der Waals surface area (Å²) in [6.45, 7) is 5.41. The van der Waals surface area contributed by atoms with Crippen molar-refractivity contribution < 1.29 is 13.2 Å². The van der Waals surface area contributed by atoms with Crippen molar-refractivity contribution in [3.63, 3.8) is 0 Å². The third kappa shape index (κ3) is 4.80. The molecule has 0 fully saturated rings. The van der Waals surface area contributed by atoms with Crippen LogP contribution in [-0.2, 0) is 6.18 Å². The molecule has 1 rings (SSSR count). The van der Waals surface area contributed by atoms with E-state index in [4.69, 9.17) is 0 Å². The zero-order chi connectivity index (χ0) is 15.3. The average molecular weight is 288 g/mol. The van der Waals surface area contributed by atoms with E-state index < -0.39 is 11.7 Å². The van der Waals surface area contributed by atoms with Gasteiger partial charge in [-0.3, -0.25) is 0 Å². The molecule has 0 aliphatic carbocycles. The van der Waals surface area contributed by atoms with Crippen molar-refractivity contribution in [2.75, 3.05) is 27.2 Å². The molecule has 2 nitrogen and oxygen atoms in total. The van der Waals surface area contributed by atoms with Gasteiger partial charge in [-0.25, -0.2) is 0 Å². The second kappa shape index (κ2) is 7.09. The van der Waals surface area contributed by atoms with Crippen LogP contribution in [0.5, 0.6) is 0 Å². The second-order valence-electron chi connectivity index (χ2n) is 5.34. The van der Waals surface area contributed by atoms with E-state index in [0.29, 0.717) is 5.56 Å². The van der Waals surface area contributed by atoms with Gasteiger partial charge >= 0.3 is 6.18 Å². The van der Waals surface area contributed by atoms with Crippen LogP contribution in [0, 0.1) is 6.92 Å². The fourth-order valence-corrected chi connectivity index (χ4v) is 2.20. The van der Waals surface area contributed by atoms with Crippen molar-refractivity contribution in [3.8, 4) is 0 Å². The van der Waals surface area contributed by atoms with Crippen molar-refractivity contribution >= 4 is 0 Å². The van der Waals surface area contributed by atoms with Crippen LogP contribution < -0.4 is 5.32 Å². The van der Waals surface area contributed by atoms with E-state index in [1.165, 1.54) is 12.1 Å². The molecule has 5 heteroatoms. The van der Waals surface area contributed by atoms with Crippen LogP contribution in [0.4, 0.5) is 13.2 Å². The van der Waals surface area contributed by atoms with E-state index in [9.17, 15) is 13.2 Å². The molecule has 0 radical (unpaired) electrons. The minimum absolute atomic E-state index is 0.0484. The molecule has 0 bridgehead atoms. The van der Waals surface area contributed by atoms with Gasteiger partial charge in [-0.1, -0.05) is 13.0 Å². The van der Waals surface area contributed by atoms with E-state index in [1.54, 1.807) is 13.0 Å². The highest BCUT2D eigenvalue weighted by Gasteiger charge is 2.31. The molecule has 0 aromatic heterocycles. The maximum atomic E-state index is 12.7. The van der Waals surface area contributed by atoms with Crippen molar-refractivity contribution in [3.05, 3.63) is 34.9 Å². The predicted molar refractivity (Wildman–Crippen MR) is 75.8 cm³/mol. The molecule has 0 spiro atoms. The van der Waals surface area contributed by atoms with Crippen molar-refractivity contribution in [2.24, 2.45) is 0 Å². The SMILES string of the molecule is CCCNC(CN(C)C)c1ccc(C(F)(F)F)cc1C. The first-order valence-electron chi connectivity index (χ1n) is 6.81. The van der Waals surface area contributed by atoms with Gasteiger partial charge in [-0.15, -0.1) is 0 Å². The van der Waals surface area contributed by atoms with Crippen LogP contribution in [0.2, 0.25) is 0 Å². The lowest BCUT2D eigenvalue weighted by Crippen LogP contribution is -2.32. The Morgan fingerprint density at radius 2 is 1.90 bits per heavy atom. The number of nitrogens with zero attached hydrogens (tertiary/aromatic N) is 1. The Labute approximate surface area is 119 Å². The summed E-state index contributed by atoms with van der Waals surface area (Å²) >= 11 is 0. The number of likely N-dealkylation sites (N-methyl/N-ethyl adjacent to an activating group) is 1. The van der Waals surface area contributed by atoms with Gasteiger partial charge < -0.3 is 10.2 Å². The number of benzene rings is 1. The zero-order valence-electron chi connectivity index (χ0n) is 12.5. The lowest BCUT2D eigenvalue weighted by atomic mass is 9.98. The molecule has 0 aliphatic rings. The standard InChI is InChI=1S/C15H23F3N2/c1-5-8-19-14(10-20(3)4)13-7-6-12(9-11(13)2)15(16,17)18/h6-7,9,14,19H,5,8,10H2,1-4H3. The highest BCUT2D eigenvalue weighted by Crippen LogP contribution is 2.31. The van der Waals surface area contributed by atoms with Crippen LogP contribution in [-0.4, -0.2) is 32.1 Å². The summed E-state index contributed by atoms with van der Waals surface area (Å²) < 4.78 is 38.1. The van der Waals surface area contributed by atoms with Crippen molar-refractivity contribution in [2.45, 2.75) is 32.5 Å². The molecule has 0 heterocycles. The molecule has 1 atom stereocenters. The molecule has 0 aliphatic heterocycles. The number of hydrogen-bond donors (Lipinski definition) is 1. The summed E-state index contributed by atoms with van der Waals surface area (Å²) in [6.07, 6.45) is -3.29. The van der Waals surface area contributed by atoms with Gasteiger partial charge in [0, 0.05) is 12.6 Å². The van der Waals surface area contributed by atoms with Crippen LogP contribution in [0.3, 0.4) is 0 Å². The summed E-state index contributed by atoms with van der Waals surface area (Å²) in [7, 11) is 3.92. The van der Waals surface area contributed by atoms with Gasteiger partial charge in [0.15, 0.2) is 0 Å². The highest BCUT2D eigenvalue weighted by molar-refractivity contribution is 5.34. The third-order valence-corrected chi connectivity index (χ3v) is 3.16. The third-order valence-electron chi connectivity index (χ3n) is 3.16. The topological polar surface area (TPSA) is 15.3 Å². The van der Waals surface area contributed by atoms with Crippen LogP contribution >= 0.6 is 0 Å². The summed E-state index contributed by atoms with van der Waals surface area (Å²) in [4.78, 5) is 2.03. The van der Waals surface area contributed by atoms with E-state index in [-0.39, 0.29) is 6.04 Å². The summed E-state index contributed by atoms with van der Waals surface area (Å²) in [5.41, 5.74) is 1.02. The van der Waals surface area contributed by atoms with Gasteiger partial charge in [0.25, 0.3) is 0 Å². The molecule has 0 amide bonds. The van der Waals surface area contributed by atoms with Gasteiger partial charge in [0.1, 0.15) is 0 Å². The Morgan fingerprint density at radius 3 is 2.35 bits per heavy atom. The summed E-state index contributed by atoms with van der Waals surface area (Å²) in [5.74, 6) is 0. The monoisotopic (exact) mass is 288 g/mol. The fraction of sp³-hybridized carbons (Fsp3) is 0.600. The molecule has 0 saturated carbocycles. The number of aryl methyl sites for hydroxylation is 1. The normalized spacial score (nSPS) is 13.8. The number of halogens is 3. The van der Waals surface area contributed by atoms with Crippen LogP contribution in [0.1, 0.15) is 36.1 Å².